The minimum absolute atomic E-state index is 0.464. The van der Waals surface area contributed by atoms with Crippen LogP contribution in [0, 0.1) is 0 Å². The summed E-state index contributed by atoms with van der Waals surface area (Å²) in [5, 5.41) is 0. The third kappa shape index (κ3) is 2.13. The summed E-state index contributed by atoms with van der Waals surface area (Å²) in [5.74, 6) is 1.60. The topological polar surface area (TPSA) is 48.7 Å². The van der Waals surface area contributed by atoms with E-state index in [1.807, 2.05) is 18.3 Å². The molecule has 0 bridgehead atoms. The lowest BCUT2D eigenvalue weighted by atomic mass is 10.4. The Hall–Kier alpha value is -1.79. The number of hydrogen-bond acceptors (Lipinski definition) is 5. The van der Waals surface area contributed by atoms with Crippen LogP contribution in [0.4, 0.5) is 0 Å². The summed E-state index contributed by atoms with van der Waals surface area (Å²) in [6.07, 6.45) is 1.86. The van der Waals surface area contributed by atoms with Gasteiger partial charge in [-0.15, -0.1) is 11.3 Å². The molecule has 0 aliphatic carbocycles. The van der Waals surface area contributed by atoms with Gasteiger partial charge in [0.15, 0.2) is 0 Å². The van der Waals surface area contributed by atoms with Crippen molar-refractivity contribution in [2.75, 3.05) is 14.2 Å². The highest BCUT2D eigenvalue weighted by atomic mass is 35.5. The quantitative estimate of drug-likeness (QED) is 0.745. The van der Waals surface area contributed by atoms with E-state index < -0.39 is 0 Å². The van der Waals surface area contributed by atoms with Gasteiger partial charge in [0, 0.05) is 6.20 Å². The lowest BCUT2D eigenvalue weighted by molar-refractivity contribution is 0.369. The molecular weight excluding hydrogens is 286 g/mol. The van der Waals surface area contributed by atoms with Crippen molar-refractivity contribution in [3.63, 3.8) is 0 Å². The average Bonchev–Trinajstić information content (AvgIpc) is 3.02. The second kappa shape index (κ2) is 4.71. The van der Waals surface area contributed by atoms with E-state index in [1.54, 1.807) is 24.7 Å². The molecule has 3 heterocycles. The number of nitrogens with zero attached hydrogens (tertiary/aromatic N) is 3. The zero-order valence-electron chi connectivity index (χ0n) is 10.3. The summed E-state index contributed by atoms with van der Waals surface area (Å²) >= 11 is 7.41. The third-order valence-corrected chi connectivity index (χ3v) is 3.88. The largest absolute Gasteiger partial charge is 0.482 e. The number of halogens is 1. The van der Waals surface area contributed by atoms with Gasteiger partial charge in [-0.1, -0.05) is 11.6 Å². The molecule has 5 nitrogen and oxygen atoms in total. The predicted octanol–water partition coefficient (Wildman–Crippen LogP) is 3.13. The van der Waals surface area contributed by atoms with E-state index in [0.29, 0.717) is 17.5 Å². The van der Waals surface area contributed by atoms with Crippen molar-refractivity contribution in [2.45, 2.75) is 0 Å². The minimum Gasteiger partial charge on any atom is -0.482 e. The van der Waals surface area contributed by atoms with Crippen LogP contribution in [0.3, 0.4) is 0 Å². The van der Waals surface area contributed by atoms with Gasteiger partial charge < -0.3 is 9.47 Å². The Morgan fingerprint density at radius 3 is 2.68 bits per heavy atom. The molecule has 0 amide bonds. The van der Waals surface area contributed by atoms with E-state index in [9.17, 15) is 0 Å². The van der Waals surface area contributed by atoms with Crippen LogP contribution in [0.25, 0.3) is 16.3 Å². The van der Waals surface area contributed by atoms with E-state index in [-0.39, 0.29) is 0 Å². The van der Waals surface area contributed by atoms with Gasteiger partial charge in [0.2, 0.25) is 17.5 Å². The number of methoxy groups -OCH3 is 2. The predicted molar refractivity (Wildman–Crippen MR) is 74.4 cm³/mol. The molecule has 0 atom stereocenters. The Labute approximate surface area is 118 Å². The van der Waals surface area contributed by atoms with Gasteiger partial charge in [-0.25, -0.2) is 4.98 Å². The number of rotatable bonds is 3. The van der Waals surface area contributed by atoms with Crippen LogP contribution in [0.5, 0.6) is 11.8 Å². The number of hydrogen-bond donors (Lipinski definition) is 0. The van der Waals surface area contributed by atoms with E-state index in [4.69, 9.17) is 21.1 Å². The average molecular weight is 296 g/mol. The summed E-state index contributed by atoms with van der Waals surface area (Å²) in [7, 11) is 3.15. The Balaban J connectivity index is 2.19. The monoisotopic (exact) mass is 295 g/mol. The molecule has 0 N–H and O–H groups in total. The number of fused-ring (bicyclic) bond motifs is 1. The van der Waals surface area contributed by atoms with Crippen LogP contribution in [0.2, 0.25) is 4.34 Å². The molecule has 0 aromatic carbocycles. The molecule has 0 unspecified atom stereocenters. The first-order chi connectivity index (χ1) is 9.21. The first kappa shape index (κ1) is 12.3. The second-order valence-electron chi connectivity index (χ2n) is 3.74. The zero-order chi connectivity index (χ0) is 13.4. The van der Waals surface area contributed by atoms with Gasteiger partial charge in [0.05, 0.1) is 29.5 Å². The minimum atomic E-state index is 0.464. The van der Waals surface area contributed by atoms with Gasteiger partial charge in [-0.3, -0.25) is 4.40 Å². The fraction of sp³-hybridized carbons (Fsp3) is 0.167. The van der Waals surface area contributed by atoms with Crippen LogP contribution >= 0.6 is 22.9 Å². The second-order valence-corrected chi connectivity index (χ2v) is 5.46. The van der Waals surface area contributed by atoms with Crippen LogP contribution in [-0.2, 0) is 0 Å². The van der Waals surface area contributed by atoms with E-state index in [2.05, 4.69) is 9.97 Å². The van der Waals surface area contributed by atoms with Gasteiger partial charge in [0.25, 0.3) is 0 Å². The third-order valence-electron chi connectivity index (χ3n) is 2.63. The van der Waals surface area contributed by atoms with Crippen molar-refractivity contribution >= 4 is 28.7 Å². The maximum Gasteiger partial charge on any atom is 0.240 e. The van der Waals surface area contributed by atoms with E-state index >= 15 is 0 Å². The molecule has 0 fully saturated rings. The molecule has 0 saturated heterocycles. The number of thiophene rings is 1. The smallest absolute Gasteiger partial charge is 0.240 e. The van der Waals surface area contributed by atoms with Crippen molar-refractivity contribution < 1.29 is 9.47 Å². The fourth-order valence-electron chi connectivity index (χ4n) is 1.75. The Morgan fingerprint density at radius 1 is 1.21 bits per heavy atom. The molecule has 0 saturated carbocycles. The highest BCUT2D eigenvalue weighted by Gasteiger charge is 2.12. The van der Waals surface area contributed by atoms with E-state index in [1.165, 1.54) is 11.3 Å². The summed E-state index contributed by atoms with van der Waals surface area (Å²) in [5.41, 5.74) is 0.802. The Kier molecular flexibility index (Phi) is 3.04. The maximum absolute atomic E-state index is 5.94. The fourth-order valence-corrected chi connectivity index (χ4v) is 2.75. The van der Waals surface area contributed by atoms with E-state index in [0.717, 1.165) is 14.9 Å². The standard InChI is InChI=1S/C12H10ClN3O2S/c1-17-10-5-11(18-2)16-6-7(14-12(16)15-10)8-3-4-9(13)19-8/h3-6H,1-2H3. The van der Waals surface area contributed by atoms with Crippen molar-refractivity contribution in [3.8, 4) is 22.3 Å². The van der Waals surface area contributed by atoms with Crippen molar-refractivity contribution in [3.05, 3.63) is 28.7 Å². The first-order valence-electron chi connectivity index (χ1n) is 5.45. The molecule has 0 aliphatic heterocycles. The molecular formula is C12H10ClN3O2S. The molecule has 0 radical (unpaired) electrons. The summed E-state index contributed by atoms with van der Waals surface area (Å²) in [6, 6.07) is 5.48. The molecule has 3 rings (SSSR count). The summed E-state index contributed by atoms with van der Waals surface area (Å²) in [6.45, 7) is 0. The van der Waals surface area contributed by atoms with Gasteiger partial charge in [-0.2, -0.15) is 4.98 Å². The number of imidazole rings is 1. The van der Waals surface area contributed by atoms with Crippen LogP contribution in [0.1, 0.15) is 0 Å². The molecule has 3 aromatic rings. The van der Waals surface area contributed by atoms with Crippen LogP contribution < -0.4 is 9.47 Å². The van der Waals surface area contributed by atoms with Crippen molar-refractivity contribution in [2.24, 2.45) is 0 Å². The van der Waals surface area contributed by atoms with Crippen molar-refractivity contribution in [1.82, 2.24) is 14.4 Å². The van der Waals surface area contributed by atoms with Gasteiger partial charge in [-0.05, 0) is 12.1 Å². The molecule has 98 valence electrons. The molecule has 7 heteroatoms. The maximum atomic E-state index is 5.94. The Morgan fingerprint density at radius 2 is 2.05 bits per heavy atom. The van der Waals surface area contributed by atoms with Crippen LogP contribution in [0.15, 0.2) is 24.4 Å². The van der Waals surface area contributed by atoms with Crippen LogP contribution in [-0.4, -0.2) is 28.6 Å². The highest BCUT2D eigenvalue weighted by molar-refractivity contribution is 7.19. The molecule has 0 aliphatic rings. The molecule has 0 spiro atoms. The normalized spacial score (nSPS) is 10.9. The summed E-state index contributed by atoms with van der Waals surface area (Å²) < 4.78 is 12.9. The Bertz CT molecular complexity index is 738. The van der Waals surface area contributed by atoms with Gasteiger partial charge >= 0.3 is 0 Å². The van der Waals surface area contributed by atoms with Crippen molar-refractivity contribution in [1.29, 1.82) is 0 Å². The number of ether oxygens (including phenoxy) is 2. The zero-order valence-corrected chi connectivity index (χ0v) is 11.8. The lowest BCUT2D eigenvalue weighted by Crippen LogP contribution is -1.97. The number of aromatic nitrogens is 3. The lowest BCUT2D eigenvalue weighted by Gasteiger charge is -2.04. The highest BCUT2D eigenvalue weighted by Crippen LogP contribution is 2.31. The summed E-state index contributed by atoms with van der Waals surface area (Å²) in [4.78, 5) is 9.72. The first-order valence-corrected chi connectivity index (χ1v) is 6.64. The van der Waals surface area contributed by atoms with Gasteiger partial charge in [0.1, 0.15) is 5.69 Å². The molecule has 19 heavy (non-hydrogen) atoms. The molecule has 3 aromatic heterocycles. The SMILES string of the molecule is COc1cc(OC)n2cc(-c3ccc(Cl)s3)nc2n1.